The van der Waals surface area contributed by atoms with Crippen molar-refractivity contribution in [1.29, 1.82) is 0 Å². The summed E-state index contributed by atoms with van der Waals surface area (Å²) in [5.41, 5.74) is 9.80. The van der Waals surface area contributed by atoms with E-state index in [0.29, 0.717) is 16.8 Å². The number of hydrogen-bond donors (Lipinski definition) is 4. The zero-order valence-corrected chi connectivity index (χ0v) is 15.1. The van der Waals surface area contributed by atoms with Crippen molar-refractivity contribution < 1.29 is 4.79 Å². The van der Waals surface area contributed by atoms with Crippen LogP contribution in [0.25, 0.3) is 10.9 Å². The maximum Gasteiger partial charge on any atom is 0.254 e. The summed E-state index contributed by atoms with van der Waals surface area (Å²) in [5.74, 6) is -0.235. The third-order valence-electron chi connectivity index (χ3n) is 4.11. The van der Waals surface area contributed by atoms with Gasteiger partial charge in [-0.25, -0.2) is 0 Å². The van der Waals surface area contributed by atoms with Crippen LogP contribution in [0.5, 0.6) is 0 Å². The van der Waals surface area contributed by atoms with Crippen LogP contribution >= 0.6 is 11.8 Å². The first-order valence-electron chi connectivity index (χ1n) is 7.83. The number of pyridine rings is 1. The first kappa shape index (κ1) is 17.2. The number of aryl methyl sites for hydroxylation is 2. The van der Waals surface area contributed by atoms with E-state index < -0.39 is 0 Å². The molecule has 0 bridgehead atoms. The molecule has 0 spiro atoms. The number of amides is 1. The minimum Gasteiger partial charge on any atom is -0.399 e. The molecule has 2 heterocycles. The van der Waals surface area contributed by atoms with Crippen molar-refractivity contribution >= 4 is 34.3 Å². The van der Waals surface area contributed by atoms with Gasteiger partial charge < -0.3 is 21.0 Å². The van der Waals surface area contributed by atoms with Gasteiger partial charge in [0.25, 0.3) is 11.5 Å². The number of thioether (sulfide) groups is 1. The molecule has 3 aromatic rings. The smallest absolute Gasteiger partial charge is 0.254 e. The van der Waals surface area contributed by atoms with Crippen LogP contribution in [-0.4, -0.2) is 22.1 Å². The number of hydrogen-bond acceptors (Lipinski definition) is 4. The quantitative estimate of drug-likeness (QED) is 0.426. The predicted octanol–water partition coefficient (Wildman–Crippen LogP) is 2.71. The van der Waals surface area contributed by atoms with Gasteiger partial charge in [0.05, 0.1) is 5.56 Å². The highest BCUT2D eigenvalue weighted by molar-refractivity contribution is 7.98. The Kier molecular flexibility index (Phi) is 4.59. The lowest BCUT2D eigenvalue weighted by molar-refractivity contribution is 0.0951. The van der Waals surface area contributed by atoms with Gasteiger partial charge in [0, 0.05) is 45.0 Å². The van der Waals surface area contributed by atoms with Gasteiger partial charge in [-0.05, 0) is 44.4 Å². The summed E-state index contributed by atoms with van der Waals surface area (Å²) in [6.45, 7) is 3.85. The van der Waals surface area contributed by atoms with Crippen LogP contribution in [0.2, 0.25) is 0 Å². The fourth-order valence-corrected chi connectivity index (χ4v) is 3.64. The standard InChI is InChI=1S/C18H20N4O2S/c1-9-6-15(25-3)13(17(23)21-9)8-20-18(24)16-10(2)22-14-5-4-11(19)7-12(14)16/h4-7,22H,8,19H2,1-3H3,(H,20,24)(H,21,23). The Morgan fingerprint density at radius 2 is 2.00 bits per heavy atom. The van der Waals surface area contributed by atoms with Crippen molar-refractivity contribution in [1.82, 2.24) is 15.3 Å². The maximum absolute atomic E-state index is 12.7. The largest absolute Gasteiger partial charge is 0.399 e. The fourth-order valence-electron chi connectivity index (χ4n) is 2.93. The Bertz CT molecular complexity index is 1020. The topological polar surface area (TPSA) is 104 Å². The molecule has 0 saturated heterocycles. The van der Waals surface area contributed by atoms with E-state index in [9.17, 15) is 9.59 Å². The SMILES string of the molecule is CSc1cc(C)[nH]c(=O)c1CNC(=O)c1c(C)[nH]c2ccc(N)cc12. The van der Waals surface area contributed by atoms with Crippen LogP contribution in [-0.2, 0) is 6.54 Å². The van der Waals surface area contributed by atoms with E-state index in [4.69, 9.17) is 5.73 Å². The van der Waals surface area contributed by atoms with Gasteiger partial charge in [0.15, 0.2) is 0 Å². The second kappa shape index (κ2) is 6.68. The predicted molar refractivity (Wildman–Crippen MR) is 102 cm³/mol. The monoisotopic (exact) mass is 356 g/mol. The number of benzene rings is 1. The third-order valence-corrected chi connectivity index (χ3v) is 4.92. The van der Waals surface area contributed by atoms with E-state index in [-0.39, 0.29) is 18.0 Å². The molecule has 0 aliphatic carbocycles. The molecule has 2 aromatic heterocycles. The summed E-state index contributed by atoms with van der Waals surface area (Å²) in [4.78, 5) is 31.7. The molecule has 0 aliphatic rings. The van der Waals surface area contributed by atoms with Gasteiger partial charge in [-0.2, -0.15) is 0 Å². The number of nitrogen functional groups attached to an aromatic ring is 1. The molecule has 1 aromatic carbocycles. The second-order valence-corrected chi connectivity index (χ2v) is 6.79. The average molecular weight is 356 g/mol. The Morgan fingerprint density at radius 1 is 1.24 bits per heavy atom. The molecule has 3 rings (SSSR count). The van der Waals surface area contributed by atoms with Gasteiger partial charge in [-0.15, -0.1) is 11.8 Å². The summed E-state index contributed by atoms with van der Waals surface area (Å²) < 4.78 is 0. The summed E-state index contributed by atoms with van der Waals surface area (Å²) in [5, 5.41) is 3.63. The highest BCUT2D eigenvalue weighted by atomic mass is 32.2. The van der Waals surface area contributed by atoms with Gasteiger partial charge in [-0.1, -0.05) is 0 Å². The fraction of sp³-hybridized carbons (Fsp3) is 0.222. The Balaban J connectivity index is 1.91. The number of H-pyrrole nitrogens is 2. The minimum atomic E-state index is -0.235. The molecule has 0 atom stereocenters. The third kappa shape index (κ3) is 3.28. The van der Waals surface area contributed by atoms with Crippen LogP contribution in [0.4, 0.5) is 5.69 Å². The van der Waals surface area contributed by atoms with Crippen LogP contribution in [0.1, 0.15) is 27.3 Å². The molecule has 0 radical (unpaired) electrons. The summed E-state index contributed by atoms with van der Waals surface area (Å²) in [6.07, 6.45) is 1.91. The second-order valence-electron chi connectivity index (χ2n) is 5.94. The van der Waals surface area contributed by atoms with Crippen molar-refractivity contribution in [3.8, 4) is 0 Å². The molecule has 25 heavy (non-hydrogen) atoms. The Hall–Kier alpha value is -2.67. The molecular formula is C18H20N4O2S. The molecule has 0 saturated carbocycles. The first-order valence-corrected chi connectivity index (χ1v) is 9.06. The van der Waals surface area contributed by atoms with Crippen molar-refractivity contribution in [2.75, 3.05) is 12.0 Å². The molecule has 130 valence electrons. The number of nitrogens with two attached hydrogens (primary N) is 1. The molecule has 7 heteroatoms. The Morgan fingerprint density at radius 3 is 2.72 bits per heavy atom. The maximum atomic E-state index is 12.7. The summed E-state index contributed by atoms with van der Waals surface area (Å²) >= 11 is 1.49. The molecule has 1 amide bonds. The van der Waals surface area contributed by atoms with Crippen LogP contribution < -0.4 is 16.6 Å². The molecule has 0 fully saturated rings. The number of anilines is 1. The number of aromatic nitrogens is 2. The highest BCUT2D eigenvalue weighted by Gasteiger charge is 2.17. The molecule has 6 nitrogen and oxygen atoms in total. The number of aromatic amines is 2. The van der Waals surface area contributed by atoms with Gasteiger partial charge in [0.1, 0.15) is 0 Å². The number of nitrogens with one attached hydrogen (secondary N) is 3. The van der Waals surface area contributed by atoms with E-state index in [1.165, 1.54) is 11.8 Å². The zero-order chi connectivity index (χ0) is 18.1. The Labute approximate surface area is 149 Å². The van der Waals surface area contributed by atoms with Gasteiger partial charge >= 0.3 is 0 Å². The van der Waals surface area contributed by atoms with Crippen molar-refractivity contribution in [3.05, 3.63) is 57.1 Å². The summed E-state index contributed by atoms with van der Waals surface area (Å²) in [7, 11) is 0. The summed E-state index contributed by atoms with van der Waals surface area (Å²) in [6, 6.07) is 7.33. The van der Waals surface area contributed by atoms with Gasteiger partial charge in [0.2, 0.25) is 0 Å². The molecule has 0 unspecified atom stereocenters. The van der Waals surface area contributed by atoms with Crippen LogP contribution in [0.15, 0.2) is 34.0 Å². The van der Waals surface area contributed by atoms with Crippen LogP contribution in [0.3, 0.4) is 0 Å². The zero-order valence-electron chi connectivity index (χ0n) is 14.3. The number of carbonyl (C=O) groups is 1. The van der Waals surface area contributed by atoms with Crippen molar-refractivity contribution in [2.24, 2.45) is 0 Å². The lowest BCUT2D eigenvalue weighted by Gasteiger charge is -2.09. The van der Waals surface area contributed by atoms with Crippen LogP contribution in [0, 0.1) is 13.8 Å². The van der Waals surface area contributed by atoms with E-state index in [0.717, 1.165) is 27.2 Å². The molecule has 5 N–H and O–H groups in total. The normalized spacial score (nSPS) is 11.0. The lowest BCUT2D eigenvalue weighted by atomic mass is 10.1. The molecule has 0 aliphatic heterocycles. The van der Waals surface area contributed by atoms with E-state index >= 15 is 0 Å². The number of fused-ring (bicyclic) bond motifs is 1. The lowest BCUT2D eigenvalue weighted by Crippen LogP contribution is -2.28. The van der Waals surface area contributed by atoms with E-state index in [2.05, 4.69) is 15.3 Å². The highest BCUT2D eigenvalue weighted by Crippen LogP contribution is 2.24. The van der Waals surface area contributed by atoms with Crippen molar-refractivity contribution in [3.63, 3.8) is 0 Å². The molecular weight excluding hydrogens is 336 g/mol. The van der Waals surface area contributed by atoms with E-state index in [1.54, 1.807) is 12.1 Å². The van der Waals surface area contributed by atoms with Crippen molar-refractivity contribution in [2.45, 2.75) is 25.3 Å². The van der Waals surface area contributed by atoms with Gasteiger partial charge in [-0.3, -0.25) is 9.59 Å². The number of carbonyl (C=O) groups excluding carboxylic acids is 1. The first-order chi connectivity index (χ1) is 11.9. The average Bonchev–Trinajstić information content (AvgIpc) is 2.88. The van der Waals surface area contributed by atoms with E-state index in [1.807, 2.05) is 32.2 Å². The number of rotatable bonds is 4. The minimum absolute atomic E-state index is 0.166.